The average molecular weight is 243 g/mol. The first-order chi connectivity index (χ1) is 8.55. The van der Waals surface area contributed by atoms with E-state index in [2.05, 4.69) is 62.1 Å². The van der Waals surface area contributed by atoms with Crippen molar-refractivity contribution >= 4 is 6.08 Å². The summed E-state index contributed by atoms with van der Waals surface area (Å²) < 4.78 is 0. The van der Waals surface area contributed by atoms with E-state index in [1.165, 1.54) is 37.1 Å². The van der Waals surface area contributed by atoms with Crippen LogP contribution < -0.4 is 0 Å². The molecule has 0 bridgehead atoms. The van der Waals surface area contributed by atoms with Crippen molar-refractivity contribution in [1.82, 2.24) is 4.90 Å². The van der Waals surface area contributed by atoms with Crippen molar-refractivity contribution in [2.75, 3.05) is 19.6 Å². The molecule has 1 heteroatoms. The van der Waals surface area contributed by atoms with E-state index < -0.39 is 0 Å². The van der Waals surface area contributed by atoms with E-state index >= 15 is 0 Å². The highest BCUT2D eigenvalue weighted by molar-refractivity contribution is 5.50. The molecule has 1 aromatic carbocycles. The summed E-state index contributed by atoms with van der Waals surface area (Å²) in [5, 5.41) is 0. The van der Waals surface area contributed by atoms with Gasteiger partial charge in [-0.25, -0.2) is 0 Å². The van der Waals surface area contributed by atoms with Crippen LogP contribution in [0.25, 0.3) is 6.08 Å². The Morgan fingerprint density at radius 3 is 2.22 bits per heavy atom. The minimum Gasteiger partial charge on any atom is -0.300 e. The summed E-state index contributed by atoms with van der Waals surface area (Å²) in [6, 6.07) is 8.94. The van der Waals surface area contributed by atoms with Gasteiger partial charge in [-0.05, 0) is 42.5 Å². The molecule has 98 valence electrons. The van der Waals surface area contributed by atoms with Gasteiger partial charge in [0.2, 0.25) is 0 Å². The van der Waals surface area contributed by atoms with Crippen molar-refractivity contribution in [3.8, 4) is 0 Å². The Hall–Kier alpha value is -1.08. The number of hydrogen-bond donors (Lipinski definition) is 0. The lowest BCUT2D eigenvalue weighted by Crippen LogP contribution is -2.18. The molecule has 0 radical (unpaired) electrons. The third-order valence-electron chi connectivity index (χ3n) is 3.65. The number of rotatable bonds is 3. The quantitative estimate of drug-likeness (QED) is 0.773. The number of likely N-dealkylation sites (tertiary alicyclic amines) is 1. The van der Waals surface area contributed by atoms with Crippen molar-refractivity contribution in [3.63, 3.8) is 0 Å². The minimum atomic E-state index is 0.248. The summed E-state index contributed by atoms with van der Waals surface area (Å²) in [6.45, 7) is 10.4. The molecular formula is C17H25N. The molecule has 1 heterocycles. The summed E-state index contributed by atoms with van der Waals surface area (Å²) in [6.07, 6.45) is 7.27. The van der Waals surface area contributed by atoms with Crippen molar-refractivity contribution in [1.29, 1.82) is 0 Å². The molecule has 18 heavy (non-hydrogen) atoms. The largest absolute Gasteiger partial charge is 0.300 e. The first-order valence-electron chi connectivity index (χ1n) is 7.05. The van der Waals surface area contributed by atoms with E-state index in [-0.39, 0.29) is 5.41 Å². The van der Waals surface area contributed by atoms with Crippen LogP contribution >= 0.6 is 0 Å². The Morgan fingerprint density at radius 1 is 1.06 bits per heavy atom. The van der Waals surface area contributed by atoms with E-state index in [1.54, 1.807) is 0 Å². The van der Waals surface area contributed by atoms with Crippen LogP contribution in [0.15, 0.2) is 30.3 Å². The standard InChI is InChI=1S/C17H25N/c1-17(2,3)16-10-8-15(9-11-16)7-6-14-18-12-4-5-13-18/h6-11H,4-5,12-14H2,1-3H3/b7-6+. The molecule has 0 atom stereocenters. The summed E-state index contributed by atoms with van der Waals surface area (Å²) in [7, 11) is 0. The van der Waals surface area contributed by atoms with Gasteiger partial charge in [0.25, 0.3) is 0 Å². The highest BCUT2D eigenvalue weighted by Crippen LogP contribution is 2.22. The SMILES string of the molecule is CC(C)(C)c1ccc(/C=C/CN2CCCC2)cc1. The molecule has 0 aromatic heterocycles. The Kier molecular flexibility index (Phi) is 4.23. The molecule has 0 N–H and O–H groups in total. The lowest BCUT2D eigenvalue weighted by atomic mass is 9.87. The topological polar surface area (TPSA) is 3.24 Å². The zero-order valence-corrected chi connectivity index (χ0v) is 11.9. The summed E-state index contributed by atoms with van der Waals surface area (Å²) in [5.41, 5.74) is 2.96. The van der Waals surface area contributed by atoms with Gasteiger partial charge in [-0.3, -0.25) is 4.90 Å². The molecule has 0 aliphatic carbocycles. The molecule has 0 amide bonds. The number of hydrogen-bond acceptors (Lipinski definition) is 1. The molecule has 0 unspecified atom stereocenters. The van der Waals surface area contributed by atoms with Gasteiger partial charge in [0.05, 0.1) is 0 Å². The maximum absolute atomic E-state index is 2.51. The van der Waals surface area contributed by atoms with Crippen LogP contribution in [0.1, 0.15) is 44.7 Å². The zero-order chi connectivity index (χ0) is 13.0. The van der Waals surface area contributed by atoms with Gasteiger partial charge in [0, 0.05) is 6.54 Å². The van der Waals surface area contributed by atoms with Crippen molar-refractivity contribution in [3.05, 3.63) is 41.5 Å². The number of nitrogens with zero attached hydrogens (tertiary/aromatic N) is 1. The van der Waals surface area contributed by atoms with Crippen LogP contribution in [-0.2, 0) is 5.41 Å². The van der Waals surface area contributed by atoms with Gasteiger partial charge >= 0.3 is 0 Å². The molecule has 1 aromatic rings. The fraction of sp³-hybridized carbons (Fsp3) is 0.529. The summed E-state index contributed by atoms with van der Waals surface area (Å²) in [5.74, 6) is 0. The highest BCUT2D eigenvalue weighted by Gasteiger charge is 2.12. The lowest BCUT2D eigenvalue weighted by molar-refractivity contribution is 0.378. The monoisotopic (exact) mass is 243 g/mol. The van der Waals surface area contributed by atoms with Gasteiger partial charge in [-0.2, -0.15) is 0 Å². The Labute approximate surface area is 112 Å². The Morgan fingerprint density at radius 2 is 1.67 bits per heavy atom. The van der Waals surface area contributed by atoms with Crippen molar-refractivity contribution in [2.45, 2.75) is 39.0 Å². The van der Waals surface area contributed by atoms with E-state index in [9.17, 15) is 0 Å². The maximum Gasteiger partial charge on any atom is 0.0166 e. The molecule has 1 aliphatic heterocycles. The zero-order valence-electron chi connectivity index (χ0n) is 11.9. The van der Waals surface area contributed by atoms with Crippen LogP contribution in [0, 0.1) is 0 Å². The van der Waals surface area contributed by atoms with E-state index in [1.807, 2.05) is 0 Å². The summed E-state index contributed by atoms with van der Waals surface area (Å²) >= 11 is 0. The van der Waals surface area contributed by atoms with E-state index in [0.29, 0.717) is 0 Å². The van der Waals surface area contributed by atoms with Gasteiger partial charge < -0.3 is 0 Å². The van der Waals surface area contributed by atoms with Crippen LogP contribution in [0.2, 0.25) is 0 Å². The third kappa shape index (κ3) is 3.71. The molecule has 0 saturated carbocycles. The Bertz CT molecular complexity index is 389. The molecule has 2 rings (SSSR count). The predicted octanol–water partition coefficient (Wildman–Crippen LogP) is 4.09. The van der Waals surface area contributed by atoms with Crippen molar-refractivity contribution in [2.24, 2.45) is 0 Å². The first kappa shape index (κ1) is 13.4. The van der Waals surface area contributed by atoms with Gasteiger partial charge in [0.1, 0.15) is 0 Å². The van der Waals surface area contributed by atoms with Crippen LogP contribution in [0.3, 0.4) is 0 Å². The predicted molar refractivity (Wildman–Crippen MR) is 79.9 cm³/mol. The summed E-state index contributed by atoms with van der Waals surface area (Å²) in [4.78, 5) is 2.51. The lowest BCUT2D eigenvalue weighted by Gasteiger charge is -2.18. The van der Waals surface area contributed by atoms with Crippen LogP contribution in [-0.4, -0.2) is 24.5 Å². The van der Waals surface area contributed by atoms with Crippen molar-refractivity contribution < 1.29 is 0 Å². The first-order valence-corrected chi connectivity index (χ1v) is 7.05. The minimum absolute atomic E-state index is 0.248. The highest BCUT2D eigenvalue weighted by atomic mass is 15.1. The molecule has 0 spiro atoms. The molecule has 1 saturated heterocycles. The second-order valence-corrected chi connectivity index (χ2v) is 6.28. The molecule has 1 fully saturated rings. The van der Waals surface area contributed by atoms with E-state index in [0.717, 1.165) is 6.54 Å². The normalized spacial score (nSPS) is 17.7. The van der Waals surface area contributed by atoms with E-state index in [4.69, 9.17) is 0 Å². The molecular weight excluding hydrogens is 218 g/mol. The fourth-order valence-electron chi connectivity index (χ4n) is 2.40. The average Bonchev–Trinajstić information content (AvgIpc) is 2.82. The second-order valence-electron chi connectivity index (χ2n) is 6.28. The molecule has 1 nitrogen and oxygen atoms in total. The Balaban J connectivity index is 1.91. The maximum atomic E-state index is 2.51. The van der Waals surface area contributed by atoms with Crippen LogP contribution in [0.5, 0.6) is 0 Å². The molecule has 1 aliphatic rings. The smallest absolute Gasteiger partial charge is 0.0166 e. The fourth-order valence-corrected chi connectivity index (χ4v) is 2.40. The van der Waals surface area contributed by atoms with Gasteiger partial charge in [0.15, 0.2) is 0 Å². The number of benzene rings is 1. The second kappa shape index (κ2) is 5.71. The van der Waals surface area contributed by atoms with Crippen LogP contribution in [0.4, 0.5) is 0 Å². The van der Waals surface area contributed by atoms with Gasteiger partial charge in [-0.1, -0.05) is 57.2 Å². The van der Waals surface area contributed by atoms with Gasteiger partial charge in [-0.15, -0.1) is 0 Å². The third-order valence-corrected chi connectivity index (χ3v) is 3.65.